The van der Waals surface area contributed by atoms with Gasteiger partial charge in [0.25, 0.3) is 0 Å². The van der Waals surface area contributed by atoms with E-state index >= 15 is 0 Å². The van der Waals surface area contributed by atoms with Crippen LogP contribution in [0.4, 0.5) is 9.18 Å². The maximum Gasteiger partial charge on any atom is 0.407 e. The molecule has 0 saturated heterocycles. The van der Waals surface area contributed by atoms with Gasteiger partial charge in [0, 0.05) is 6.54 Å². The molecule has 3 N–H and O–H groups in total. The molecule has 0 spiro atoms. The first-order valence-corrected chi connectivity index (χ1v) is 7.65. The Hall–Kier alpha value is -2.64. The van der Waals surface area contributed by atoms with Crippen LogP contribution in [-0.2, 0) is 11.3 Å². The summed E-state index contributed by atoms with van der Waals surface area (Å²) in [7, 11) is 1.33. The van der Waals surface area contributed by atoms with Gasteiger partial charge in [-0.25, -0.2) is 9.18 Å². The van der Waals surface area contributed by atoms with E-state index in [4.69, 9.17) is 9.47 Å². The van der Waals surface area contributed by atoms with Gasteiger partial charge in [-0.3, -0.25) is 0 Å². The van der Waals surface area contributed by atoms with Gasteiger partial charge in [-0.1, -0.05) is 36.4 Å². The lowest BCUT2D eigenvalue weighted by Gasteiger charge is -2.19. The van der Waals surface area contributed by atoms with Gasteiger partial charge in [0.15, 0.2) is 11.6 Å². The molecular weight excluding hydrogens is 329 g/mol. The van der Waals surface area contributed by atoms with Crippen LogP contribution >= 0.6 is 0 Å². The van der Waals surface area contributed by atoms with Crippen LogP contribution in [0.1, 0.15) is 17.2 Å². The standard InChI is InChI=1S/C18H20FNO5/c1-24-16-8-7-13(9-14(16)19)17(22)15(21)10-20-18(23)25-11-12-5-3-2-4-6-12/h2-9,15,17,21-22H,10-11H2,1H3,(H,20,23). The molecule has 25 heavy (non-hydrogen) atoms. The van der Waals surface area contributed by atoms with E-state index in [1.54, 1.807) is 0 Å². The zero-order valence-corrected chi connectivity index (χ0v) is 13.7. The average Bonchev–Trinajstić information content (AvgIpc) is 2.64. The van der Waals surface area contributed by atoms with Crippen molar-refractivity contribution in [3.8, 4) is 5.75 Å². The first-order valence-electron chi connectivity index (χ1n) is 7.65. The number of aliphatic hydroxyl groups is 2. The highest BCUT2D eigenvalue weighted by molar-refractivity contribution is 5.67. The van der Waals surface area contributed by atoms with Crippen LogP contribution in [0.5, 0.6) is 5.75 Å². The van der Waals surface area contributed by atoms with Gasteiger partial charge in [0.05, 0.1) is 7.11 Å². The minimum absolute atomic E-state index is 0.0352. The van der Waals surface area contributed by atoms with E-state index in [0.29, 0.717) is 0 Å². The van der Waals surface area contributed by atoms with E-state index < -0.39 is 24.1 Å². The summed E-state index contributed by atoms with van der Waals surface area (Å²) < 4.78 is 23.4. The quantitative estimate of drug-likeness (QED) is 0.713. The predicted octanol–water partition coefficient (Wildman–Crippen LogP) is 2.16. The van der Waals surface area contributed by atoms with E-state index in [-0.39, 0.29) is 24.5 Å². The third kappa shape index (κ3) is 5.44. The molecule has 0 aliphatic rings. The van der Waals surface area contributed by atoms with Crippen LogP contribution in [0, 0.1) is 5.82 Å². The Bertz CT molecular complexity index is 695. The van der Waals surface area contributed by atoms with E-state index in [1.165, 1.54) is 19.2 Å². The Kier molecular flexibility index (Phi) is 6.73. The fourth-order valence-electron chi connectivity index (χ4n) is 2.16. The molecular formula is C18H20FNO5. The third-order valence-corrected chi connectivity index (χ3v) is 3.55. The Morgan fingerprint density at radius 1 is 1.20 bits per heavy atom. The average molecular weight is 349 g/mol. The molecule has 0 saturated carbocycles. The number of nitrogens with one attached hydrogen (secondary N) is 1. The van der Waals surface area contributed by atoms with E-state index in [2.05, 4.69) is 5.32 Å². The number of methoxy groups -OCH3 is 1. The van der Waals surface area contributed by atoms with Crippen LogP contribution in [-0.4, -0.2) is 36.1 Å². The van der Waals surface area contributed by atoms with Crippen molar-refractivity contribution in [3.05, 3.63) is 65.5 Å². The molecule has 134 valence electrons. The van der Waals surface area contributed by atoms with Crippen LogP contribution in [0.2, 0.25) is 0 Å². The van der Waals surface area contributed by atoms with Gasteiger partial charge in [-0.05, 0) is 23.3 Å². The number of ether oxygens (including phenoxy) is 2. The van der Waals surface area contributed by atoms with Crippen molar-refractivity contribution in [1.82, 2.24) is 5.32 Å². The van der Waals surface area contributed by atoms with Gasteiger partial charge < -0.3 is 25.0 Å². The Balaban J connectivity index is 1.81. The van der Waals surface area contributed by atoms with Crippen LogP contribution in [0.3, 0.4) is 0 Å². The van der Waals surface area contributed by atoms with E-state index in [1.807, 2.05) is 30.3 Å². The number of hydrogen-bond donors (Lipinski definition) is 3. The molecule has 2 aromatic carbocycles. The highest BCUT2D eigenvalue weighted by atomic mass is 19.1. The summed E-state index contributed by atoms with van der Waals surface area (Å²) in [5.41, 5.74) is 0.997. The smallest absolute Gasteiger partial charge is 0.407 e. The number of hydrogen-bond acceptors (Lipinski definition) is 5. The highest BCUT2D eigenvalue weighted by Crippen LogP contribution is 2.23. The summed E-state index contributed by atoms with van der Waals surface area (Å²) in [6, 6.07) is 13.0. The highest BCUT2D eigenvalue weighted by Gasteiger charge is 2.20. The molecule has 1 amide bonds. The number of benzene rings is 2. The van der Waals surface area contributed by atoms with E-state index in [0.717, 1.165) is 11.6 Å². The molecule has 2 unspecified atom stereocenters. The van der Waals surface area contributed by atoms with Crippen molar-refractivity contribution in [1.29, 1.82) is 0 Å². The van der Waals surface area contributed by atoms with Gasteiger partial charge >= 0.3 is 6.09 Å². The molecule has 2 rings (SSSR count). The third-order valence-electron chi connectivity index (χ3n) is 3.55. The fraction of sp³-hybridized carbons (Fsp3) is 0.278. The maximum absolute atomic E-state index is 13.6. The summed E-state index contributed by atoms with van der Waals surface area (Å²) in [5.74, 6) is -0.616. The molecule has 0 fully saturated rings. The summed E-state index contributed by atoms with van der Waals surface area (Å²) in [5, 5.41) is 22.3. The first-order chi connectivity index (χ1) is 12.0. The van der Waals surface area contributed by atoms with Crippen molar-refractivity contribution in [2.45, 2.75) is 18.8 Å². The topological polar surface area (TPSA) is 88.0 Å². The second-order valence-electron chi connectivity index (χ2n) is 5.35. The first kappa shape index (κ1) is 18.7. The summed E-state index contributed by atoms with van der Waals surface area (Å²) in [6.45, 7) is -0.155. The van der Waals surface area contributed by atoms with Gasteiger partial charge in [0.2, 0.25) is 0 Å². The Morgan fingerprint density at radius 3 is 2.56 bits per heavy atom. The van der Waals surface area contributed by atoms with Crippen LogP contribution < -0.4 is 10.1 Å². The van der Waals surface area contributed by atoms with Crippen LogP contribution in [0.15, 0.2) is 48.5 Å². The van der Waals surface area contributed by atoms with Crippen molar-refractivity contribution in [2.24, 2.45) is 0 Å². The monoisotopic (exact) mass is 349 g/mol. The maximum atomic E-state index is 13.6. The van der Waals surface area contributed by atoms with Gasteiger partial charge in [-0.2, -0.15) is 0 Å². The Morgan fingerprint density at radius 2 is 1.92 bits per heavy atom. The summed E-state index contributed by atoms with van der Waals surface area (Å²) in [4.78, 5) is 11.6. The molecule has 0 aliphatic carbocycles. The molecule has 0 radical (unpaired) electrons. The van der Waals surface area contributed by atoms with Crippen molar-refractivity contribution in [3.63, 3.8) is 0 Å². The fourth-order valence-corrected chi connectivity index (χ4v) is 2.16. The molecule has 0 bridgehead atoms. The lowest BCUT2D eigenvalue weighted by Crippen LogP contribution is -2.35. The van der Waals surface area contributed by atoms with Crippen molar-refractivity contribution >= 4 is 6.09 Å². The molecule has 2 atom stereocenters. The predicted molar refractivity (Wildman–Crippen MR) is 88.5 cm³/mol. The normalized spacial score (nSPS) is 13.0. The second-order valence-corrected chi connectivity index (χ2v) is 5.35. The molecule has 0 aliphatic heterocycles. The number of rotatable bonds is 7. The lowest BCUT2D eigenvalue weighted by atomic mass is 10.0. The van der Waals surface area contributed by atoms with Gasteiger partial charge in [-0.15, -0.1) is 0 Å². The molecule has 0 heterocycles. The number of halogens is 1. The minimum Gasteiger partial charge on any atom is -0.494 e. The summed E-state index contributed by atoms with van der Waals surface area (Å²) in [6.07, 6.45) is -3.41. The number of carbonyl (C=O) groups excluding carboxylic acids is 1. The molecule has 6 nitrogen and oxygen atoms in total. The molecule has 2 aromatic rings. The minimum atomic E-state index is -1.37. The van der Waals surface area contributed by atoms with E-state index in [9.17, 15) is 19.4 Å². The lowest BCUT2D eigenvalue weighted by molar-refractivity contribution is 0.0182. The van der Waals surface area contributed by atoms with Gasteiger partial charge in [0.1, 0.15) is 18.8 Å². The molecule has 7 heteroatoms. The number of aliphatic hydroxyl groups excluding tert-OH is 2. The largest absolute Gasteiger partial charge is 0.494 e. The number of alkyl carbamates (subject to hydrolysis) is 1. The summed E-state index contributed by atoms with van der Waals surface area (Å²) >= 11 is 0. The number of carbonyl (C=O) groups is 1. The second kappa shape index (κ2) is 9.00. The number of amides is 1. The van der Waals surface area contributed by atoms with Crippen LogP contribution in [0.25, 0.3) is 0 Å². The van der Waals surface area contributed by atoms with Crippen molar-refractivity contribution in [2.75, 3.05) is 13.7 Å². The zero-order chi connectivity index (χ0) is 18.2. The van der Waals surface area contributed by atoms with Crippen molar-refractivity contribution < 1.29 is 28.9 Å². The Labute approximate surface area is 144 Å². The molecule has 0 aromatic heterocycles. The SMILES string of the molecule is COc1ccc(C(O)C(O)CNC(=O)OCc2ccccc2)cc1F. The zero-order valence-electron chi connectivity index (χ0n) is 13.7.